The molecule has 0 unspecified atom stereocenters. The summed E-state index contributed by atoms with van der Waals surface area (Å²) < 4.78 is 12.2. The van der Waals surface area contributed by atoms with Gasteiger partial charge in [-0.05, 0) is 24.6 Å². The number of aromatic nitrogens is 4. The van der Waals surface area contributed by atoms with E-state index in [0.717, 1.165) is 6.33 Å². The number of aliphatic carboxylic acids is 1. The summed E-state index contributed by atoms with van der Waals surface area (Å²) in [6.07, 6.45) is -4.01. The lowest BCUT2D eigenvalue weighted by atomic mass is 10.0. The van der Waals surface area contributed by atoms with Crippen LogP contribution in [0.25, 0.3) is 11.2 Å². The zero-order valence-electron chi connectivity index (χ0n) is 22.7. The molecule has 3 heterocycles. The molecule has 43 heavy (non-hydrogen) atoms. The molecule has 0 radical (unpaired) electrons. The highest BCUT2D eigenvalue weighted by Crippen LogP contribution is 2.36. The monoisotopic (exact) mass is 589 g/mol. The number of fused-ring (bicyclic) bond motifs is 1. The number of carbonyl (C=O) groups is 4. The SMILES string of the molecule is C[C@H](N)C(=O)N(C(=O)OCc1ccccc1)[C@H]1[C@@H](O)[C@H](n2cnc3c(NC(=O)c4ccccc4)ncnc32)O[C@@H]1C(=O)O. The molecule has 0 bridgehead atoms. The number of carboxylic acid groups (broad SMARTS) is 1. The van der Waals surface area contributed by atoms with E-state index in [4.69, 9.17) is 15.2 Å². The van der Waals surface area contributed by atoms with Crippen molar-refractivity contribution in [3.63, 3.8) is 0 Å². The van der Waals surface area contributed by atoms with Crippen molar-refractivity contribution in [3.8, 4) is 0 Å². The minimum absolute atomic E-state index is 0.0506. The van der Waals surface area contributed by atoms with Crippen LogP contribution in [0.2, 0.25) is 0 Å². The van der Waals surface area contributed by atoms with E-state index < -0.39 is 54.4 Å². The first-order chi connectivity index (χ1) is 20.7. The highest BCUT2D eigenvalue weighted by atomic mass is 16.6. The quantitative estimate of drug-likeness (QED) is 0.229. The molecule has 3 amide bonds. The second-order valence-corrected chi connectivity index (χ2v) is 9.67. The van der Waals surface area contributed by atoms with Crippen LogP contribution in [0.15, 0.2) is 73.3 Å². The Kier molecular flexibility index (Phi) is 8.38. The van der Waals surface area contributed by atoms with Crippen LogP contribution in [0.1, 0.15) is 29.1 Å². The molecule has 15 nitrogen and oxygen atoms in total. The Hall–Kier alpha value is -5.25. The molecule has 1 fully saturated rings. The summed E-state index contributed by atoms with van der Waals surface area (Å²) in [5, 5.41) is 24.0. The Bertz CT molecular complexity index is 1650. The van der Waals surface area contributed by atoms with Gasteiger partial charge < -0.3 is 30.7 Å². The average Bonchev–Trinajstić information content (AvgIpc) is 3.59. The molecule has 4 aromatic rings. The van der Waals surface area contributed by atoms with Gasteiger partial charge in [0.2, 0.25) is 5.91 Å². The van der Waals surface area contributed by atoms with Crippen LogP contribution in [-0.2, 0) is 25.7 Å². The number of ether oxygens (including phenoxy) is 2. The van der Waals surface area contributed by atoms with Crippen molar-refractivity contribution in [1.29, 1.82) is 0 Å². The summed E-state index contributed by atoms with van der Waals surface area (Å²) in [6.45, 7) is 1.08. The first kappa shape index (κ1) is 29.2. The van der Waals surface area contributed by atoms with E-state index >= 15 is 0 Å². The van der Waals surface area contributed by atoms with Gasteiger partial charge in [0.25, 0.3) is 5.91 Å². The van der Waals surface area contributed by atoms with Crippen LogP contribution in [0, 0.1) is 0 Å². The predicted octanol–water partition coefficient (Wildman–Crippen LogP) is 1.30. The van der Waals surface area contributed by atoms with Gasteiger partial charge in [0.1, 0.15) is 25.1 Å². The maximum atomic E-state index is 13.2. The normalized spacial score (nSPS) is 20.3. The number of benzene rings is 2. The summed E-state index contributed by atoms with van der Waals surface area (Å²) in [5.74, 6) is -2.95. The molecule has 0 aliphatic carbocycles. The number of carbonyl (C=O) groups excluding carboxylic acids is 3. The number of imide groups is 1. The second-order valence-electron chi connectivity index (χ2n) is 9.67. The van der Waals surface area contributed by atoms with Crippen LogP contribution < -0.4 is 11.1 Å². The van der Waals surface area contributed by atoms with Gasteiger partial charge >= 0.3 is 12.1 Å². The van der Waals surface area contributed by atoms with Crippen molar-refractivity contribution < 1.29 is 38.9 Å². The molecule has 15 heteroatoms. The van der Waals surface area contributed by atoms with Gasteiger partial charge in [0.15, 0.2) is 29.3 Å². The number of anilines is 1. The standard InChI is InChI=1S/C28H27N7O8/c1-15(29)25(38)35(28(41)42-12-16-8-4-2-5-9-16)19-20(36)26(43-21(19)27(39)40)34-14-32-18-22(30-13-31-23(18)34)33-24(37)17-10-6-3-7-11-17/h2-11,13-15,19-21,26,36H,12,29H2,1H3,(H,39,40)(H,30,31,33,37)/t15-,19-,20+,21-,26+/m0/s1. The molecule has 222 valence electrons. The predicted molar refractivity (Wildman–Crippen MR) is 148 cm³/mol. The lowest BCUT2D eigenvalue weighted by molar-refractivity contribution is -0.154. The Morgan fingerprint density at radius 3 is 2.40 bits per heavy atom. The molecule has 1 saturated heterocycles. The number of hydrogen-bond donors (Lipinski definition) is 4. The number of rotatable bonds is 8. The fourth-order valence-corrected chi connectivity index (χ4v) is 4.65. The van der Waals surface area contributed by atoms with Crippen LogP contribution in [-0.4, -0.2) is 82.8 Å². The topological polar surface area (TPSA) is 212 Å². The third-order valence-electron chi connectivity index (χ3n) is 6.71. The number of nitrogens with two attached hydrogens (primary N) is 1. The Morgan fingerprint density at radius 1 is 1.07 bits per heavy atom. The summed E-state index contributed by atoms with van der Waals surface area (Å²) in [5.41, 5.74) is 6.95. The minimum atomic E-state index is -1.87. The van der Waals surface area contributed by atoms with Gasteiger partial charge in [0.05, 0.1) is 12.4 Å². The van der Waals surface area contributed by atoms with Crippen LogP contribution >= 0.6 is 0 Å². The van der Waals surface area contributed by atoms with Crippen molar-refractivity contribution in [2.24, 2.45) is 5.73 Å². The number of amides is 3. The first-order valence-corrected chi connectivity index (χ1v) is 13.1. The van der Waals surface area contributed by atoms with E-state index in [-0.39, 0.29) is 23.6 Å². The van der Waals surface area contributed by atoms with E-state index in [9.17, 15) is 29.4 Å². The largest absolute Gasteiger partial charge is 0.479 e. The zero-order valence-corrected chi connectivity index (χ0v) is 22.7. The highest BCUT2D eigenvalue weighted by Gasteiger charge is 2.55. The third-order valence-corrected chi connectivity index (χ3v) is 6.71. The number of carboxylic acids is 1. The van der Waals surface area contributed by atoms with E-state index in [1.807, 2.05) is 0 Å². The van der Waals surface area contributed by atoms with Crippen LogP contribution in [0.5, 0.6) is 0 Å². The van der Waals surface area contributed by atoms with Crippen molar-refractivity contribution in [2.45, 2.75) is 44.1 Å². The lowest BCUT2D eigenvalue weighted by Crippen LogP contribution is -2.58. The van der Waals surface area contributed by atoms with Crippen LogP contribution in [0.4, 0.5) is 10.6 Å². The van der Waals surface area contributed by atoms with E-state index in [0.29, 0.717) is 16.0 Å². The Labute approximate surface area is 243 Å². The molecule has 0 saturated carbocycles. The molecule has 1 aliphatic rings. The number of hydrogen-bond acceptors (Lipinski definition) is 11. The lowest BCUT2D eigenvalue weighted by Gasteiger charge is -2.31. The van der Waals surface area contributed by atoms with E-state index in [2.05, 4.69) is 20.3 Å². The van der Waals surface area contributed by atoms with Gasteiger partial charge in [-0.15, -0.1) is 0 Å². The van der Waals surface area contributed by atoms with Gasteiger partial charge in [-0.25, -0.2) is 29.4 Å². The summed E-state index contributed by atoms with van der Waals surface area (Å²) in [4.78, 5) is 64.3. The molecule has 1 aliphatic heterocycles. The fourth-order valence-electron chi connectivity index (χ4n) is 4.65. The summed E-state index contributed by atoms with van der Waals surface area (Å²) in [7, 11) is 0. The molecule has 2 aromatic carbocycles. The molecule has 5 rings (SSSR count). The van der Waals surface area contributed by atoms with Crippen molar-refractivity contribution in [3.05, 3.63) is 84.4 Å². The van der Waals surface area contributed by atoms with Crippen LogP contribution in [0.3, 0.4) is 0 Å². The highest BCUT2D eigenvalue weighted by molar-refractivity contribution is 6.06. The molecular weight excluding hydrogens is 562 g/mol. The van der Waals surface area contributed by atoms with Crippen molar-refractivity contribution >= 4 is 40.9 Å². The number of aliphatic hydroxyl groups excluding tert-OH is 1. The van der Waals surface area contributed by atoms with E-state index in [1.165, 1.54) is 17.8 Å². The Balaban J connectivity index is 1.45. The summed E-state index contributed by atoms with van der Waals surface area (Å²) >= 11 is 0. The average molecular weight is 590 g/mol. The Morgan fingerprint density at radius 2 is 1.74 bits per heavy atom. The summed E-state index contributed by atoms with van der Waals surface area (Å²) in [6, 6.07) is 14.0. The maximum Gasteiger partial charge on any atom is 0.417 e. The smallest absolute Gasteiger partial charge is 0.417 e. The number of imidazole rings is 1. The second kappa shape index (κ2) is 12.3. The van der Waals surface area contributed by atoms with Crippen molar-refractivity contribution in [1.82, 2.24) is 24.4 Å². The molecule has 5 N–H and O–H groups in total. The fraction of sp³-hybridized carbons (Fsp3) is 0.250. The molecule has 0 spiro atoms. The molecule has 5 atom stereocenters. The molecule has 2 aromatic heterocycles. The van der Waals surface area contributed by atoms with E-state index in [1.54, 1.807) is 60.7 Å². The molecular formula is C28H27N7O8. The number of aliphatic hydroxyl groups is 1. The van der Waals surface area contributed by atoms with Crippen molar-refractivity contribution in [2.75, 3.05) is 5.32 Å². The number of nitrogens with zero attached hydrogens (tertiary/aromatic N) is 5. The van der Waals surface area contributed by atoms with Gasteiger partial charge in [-0.3, -0.25) is 14.2 Å². The maximum absolute atomic E-state index is 13.2. The third kappa shape index (κ3) is 5.90. The zero-order chi connectivity index (χ0) is 30.7. The van der Waals surface area contributed by atoms with Gasteiger partial charge in [-0.1, -0.05) is 48.5 Å². The minimum Gasteiger partial charge on any atom is -0.479 e. The number of nitrogens with one attached hydrogen (secondary N) is 1. The van der Waals surface area contributed by atoms with Gasteiger partial charge in [-0.2, -0.15) is 0 Å². The first-order valence-electron chi connectivity index (χ1n) is 13.1. The van der Waals surface area contributed by atoms with Gasteiger partial charge in [0, 0.05) is 5.56 Å².